The van der Waals surface area contributed by atoms with Crippen molar-refractivity contribution in [3.05, 3.63) is 71.8 Å². The molecule has 2 aliphatic heterocycles. The second kappa shape index (κ2) is 10.6. The Kier molecular flexibility index (Phi) is 7.33. The van der Waals surface area contributed by atoms with E-state index in [9.17, 15) is 9.59 Å². The first kappa shape index (κ1) is 21.5. The van der Waals surface area contributed by atoms with E-state index >= 15 is 0 Å². The van der Waals surface area contributed by atoms with Crippen LogP contribution in [-0.2, 0) is 22.6 Å². The van der Waals surface area contributed by atoms with E-state index in [2.05, 4.69) is 57.2 Å². The van der Waals surface area contributed by atoms with Gasteiger partial charge in [-0.05, 0) is 24.0 Å². The Morgan fingerprint density at radius 2 is 1.55 bits per heavy atom. The number of nitrogens with one attached hydrogen (secondary N) is 3. The molecule has 0 aliphatic carbocycles. The maximum atomic E-state index is 12.9. The van der Waals surface area contributed by atoms with E-state index in [0.29, 0.717) is 19.6 Å². The Hall–Kier alpha value is -2.70. The minimum Gasteiger partial charge on any atom is -0.355 e. The highest BCUT2D eigenvalue weighted by molar-refractivity contribution is 5.88. The lowest BCUT2D eigenvalue weighted by Crippen LogP contribution is -2.45. The molecule has 6 nitrogen and oxygen atoms in total. The first-order valence-electron chi connectivity index (χ1n) is 11.3. The largest absolute Gasteiger partial charge is 0.355 e. The molecule has 6 heteroatoms. The quantitative estimate of drug-likeness (QED) is 0.606. The molecule has 0 aromatic heterocycles. The normalized spacial score (nSPS) is 23.5. The van der Waals surface area contributed by atoms with E-state index in [1.807, 2.05) is 24.3 Å². The number of nitrogens with zero attached hydrogens (tertiary/aromatic N) is 1. The van der Waals surface area contributed by atoms with Gasteiger partial charge < -0.3 is 16.0 Å². The average molecular weight is 421 g/mol. The van der Waals surface area contributed by atoms with Crippen molar-refractivity contribution in [1.82, 2.24) is 20.9 Å². The van der Waals surface area contributed by atoms with Gasteiger partial charge in [-0.1, -0.05) is 60.7 Å². The lowest BCUT2D eigenvalue weighted by molar-refractivity contribution is -0.133. The average Bonchev–Trinajstić information content (AvgIpc) is 3.45. The van der Waals surface area contributed by atoms with Crippen molar-refractivity contribution in [2.45, 2.75) is 25.4 Å². The van der Waals surface area contributed by atoms with Gasteiger partial charge in [-0.3, -0.25) is 14.5 Å². The van der Waals surface area contributed by atoms with E-state index in [4.69, 9.17) is 0 Å². The number of amides is 2. The van der Waals surface area contributed by atoms with E-state index in [1.165, 1.54) is 11.1 Å². The molecule has 4 rings (SSSR count). The minimum absolute atomic E-state index is 0.000213. The van der Waals surface area contributed by atoms with Gasteiger partial charge in [-0.25, -0.2) is 0 Å². The molecule has 2 aliphatic rings. The molecule has 0 saturated carbocycles. The Morgan fingerprint density at radius 1 is 0.903 bits per heavy atom. The lowest BCUT2D eigenvalue weighted by atomic mass is 9.93. The van der Waals surface area contributed by atoms with Gasteiger partial charge in [0.2, 0.25) is 11.8 Å². The standard InChI is InChI=1S/C25H32N4O2/c30-24(27-13-11-19-7-3-1-4-8-19)22-15-26-16-23(22)25(31)28-21-12-14-29(18-21)17-20-9-5-2-6-10-20/h1-10,21-23,26H,11-18H2,(H,27,30)(H,28,31)/t21?,22-,23+/m0/s1. The third-order valence-electron chi connectivity index (χ3n) is 6.31. The van der Waals surface area contributed by atoms with Gasteiger partial charge in [-0.2, -0.15) is 0 Å². The van der Waals surface area contributed by atoms with E-state index in [1.54, 1.807) is 0 Å². The van der Waals surface area contributed by atoms with Gasteiger partial charge in [0.05, 0.1) is 11.8 Å². The first-order valence-corrected chi connectivity index (χ1v) is 11.3. The topological polar surface area (TPSA) is 73.5 Å². The summed E-state index contributed by atoms with van der Waals surface area (Å²) in [5, 5.41) is 9.45. The van der Waals surface area contributed by atoms with Crippen LogP contribution in [0.3, 0.4) is 0 Å². The van der Waals surface area contributed by atoms with Crippen LogP contribution in [0.2, 0.25) is 0 Å². The van der Waals surface area contributed by atoms with Crippen LogP contribution in [-0.4, -0.2) is 55.5 Å². The third kappa shape index (κ3) is 5.93. The van der Waals surface area contributed by atoms with Gasteiger partial charge in [0.1, 0.15) is 0 Å². The van der Waals surface area contributed by atoms with Crippen LogP contribution in [0, 0.1) is 11.8 Å². The molecule has 31 heavy (non-hydrogen) atoms. The third-order valence-corrected chi connectivity index (χ3v) is 6.31. The summed E-state index contributed by atoms with van der Waals surface area (Å²) in [6.07, 6.45) is 1.75. The summed E-state index contributed by atoms with van der Waals surface area (Å²) >= 11 is 0. The van der Waals surface area contributed by atoms with Crippen LogP contribution in [0.4, 0.5) is 0 Å². The number of carbonyl (C=O) groups is 2. The van der Waals surface area contributed by atoms with Crippen molar-refractivity contribution in [3.63, 3.8) is 0 Å². The number of carbonyl (C=O) groups excluding carboxylic acids is 2. The van der Waals surface area contributed by atoms with Gasteiger partial charge in [0, 0.05) is 45.3 Å². The molecule has 2 fully saturated rings. The van der Waals surface area contributed by atoms with E-state index in [0.717, 1.165) is 32.5 Å². The highest BCUT2D eigenvalue weighted by atomic mass is 16.2. The smallest absolute Gasteiger partial charge is 0.225 e. The highest BCUT2D eigenvalue weighted by Crippen LogP contribution is 2.19. The van der Waals surface area contributed by atoms with Crippen LogP contribution in [0.5, 0.6) is 0 Å². The summed E-state index contributed by atoms with van der Waals surface area (Å²) in [6, 6.07) is 20.7. The first-order chi connectivity index (χ1) is 15.2. The lowest BCUT2D eigenvalue weighted by Gasteiger charge is -2.21. The molecule has 2 aromatic carbocycles. The summed E-state index contributed by atoms with van der Waals surface area (Å²) in [7, 11) is 0. The number of hydrogen-bond acceptors (Lipinski definition) is 4. The zero-order valence-electron chi connectivity index (χ0n) is 17.9. The number of likely N-dealkylation sites (tertiary alicyclic amines) is 1. The zero-order valence-corrected chi connectivity index (χ0v) is 17.9. The van der Waals surface area contributed by atoms with Gasteiger partial charge in [-0.15, -0.1) is 0 Å². The predicted molar refractivity (Wildman–Crippen MR) is 121 cm³/mol. The Morgan fingerprint density at radius 3 is 2.26 bits per heavy atom. The molecule has 0 spiro atoms. The molecular formula is C25H32N4O2. The van der Waals surface area contributed by atoms with Crippen molar-refractivity contribution in [1.29, 1.82) is 0 Å². The van der Waals surface area contributed by atoms with Crippen LogP contribution >= 0.6 is 0 Å². The zero-order chi connectivity index (χ0) is 21.5. The molecule has 2 saturated heterocycles. The van der Waals surface area contributed by atoms with Crippen molar-refractivity contribution in [2.75, 3.05) is 32.7 Å². The van der Waals surface area contributed by atoms with Crippen molar-refractivity contribution in [3.8, 4) is 0 Å². The van der Waals surface area contributed by atoms with Crippen molar-refractivity contribution < 1.29 is 9.59 Å². The molecule has 2 heterocycles. The summed E-state index contributed by atoms with van der Waals surface area (Å²) in [5.41, 5.74) is 2.49. The second-order valence-electron chi connectivity index (χ2n) is 8.61. The van der Waals surface area contributed by atoms with Crippen LogP contribution < -0.4 is 16.0 Å². The maximum Gasteiger partial charge on any atom is 0.225 e. The molecule has 1 unspecified atom stereocenters. The summed E-state index contributed by atoms with van der Waals surface area (Å²) < 4.78 is 0. The Bertz CT molecular complexity index is 858. The molecule has 0 bridgehead atoms. The molecule has 3 atom stereocenters. The number of rotatable bonds is 8. The SMILES string of the molecule is O=C(NCCc1ccccc1)[C@H]1CNC[C@H]1C(=O)NC1CCN(Cc2ccccc2)C1. The van der Waals surface area contributed by atoms with Crippen molar-refractivity contribution in [2.24, 2.45) is 11.8 Å². The monoisotopic (exact) mass is 420 g/mol. The fourth-order valence-electron chi connectivity index (χ4n) is 4.58. The summed E-state index contributed by atoms with van der Waals surface area (Å²) in [5.74, 6) is -0.643. The number of benzene rings is 2. The molecule has 164 valence electrons. The van der Waals surface area contributed by atoms with Gasteiger partial charge >= 0.3 is 0 Å². The molecule has 2 aromatic rings. The Labute approximate surface area is 184 Å². The van der Waals surface area contributed by atoms with Gasteiger partial charge in [0.25, 0.3) is 0 Å². The maximum absolute atomic E-state index is 12.9. The van der Waals surface area contributed by atoms with Crippen molar-refractivity contribution >= 4 is 11.8 Å². The Balaban J connectivity index is 1.22. The summed E-state index contributed by atoms with van der Waals surface area (Å²) in [6.45, 7) is 4.44. The molecule has 3 N–H and O–H groups in total. The van der Waals surface area contributed by atoms with E-state index in [-0.39, 0.29) is 29.7 Å². The van der Waals surface area contributed by atoms with Gasteiger partial charge in [0.15, 0.2) is 0 Å². The van der Waals surface area contributed by atoms with E-state index < -0.39 is 0 Å². The number of hydrogen-bond donors (Lipinski definition) is 3. The fourth-order valence-corrected chi connectivity index (χ4v) is 4.58. The highest BCUT2D eigenvalue weighted by Gasteiger charge is 2.38. The minimum atomic E-state index is -0.308. The van der Waals surface area contributed by atoms with Crippen LogP contribution in [0.1, 0.15) is 17.5 Å². The second-order valence-corrected chi connectivity index (χ2v) is 8.61. The molecule has 0 radical (unpaired) electrons. The van der Waals surface area contributed by atoms with Crippen LogP contribution in [0.15, 0.2) is 60.7 Å². The summed E-state index contributed by atoms with van der Waals surface area (Å²) in [4.78, 5) is 28.0. The predicted octanol–water partition coefficient (Wildman–Crippen LogP) is 1.57. The van der Waals surface area contributed by atoms with Crippen LogP contribution in [0.25, 0.3) is 0 Å². The molecule has 2 amide bonds. The molecular weight excluding hydrogens is 388 g/mol. The fraction of sp³-hybridized carbons (Fsp3) is 0.440.